The minimum Gasteiger partial charge on any atom is -0.478 e. The van der Waals surface area contributed by atoms with E-state index in [0.29, 0.717) is 0 Å². The first-order valence-corrected chi connectivity index (χ1v) is 5.14. The molecule has 0 unspecified atom stereocenters. The largest absolute Gasteiger partial charge is 0.478 e. The zero-order valence-electron chi connectivity index (χ0n) is 9.89. The molecule has 1 amide bonds. The van der Waals surface area contributed by atoms with E-state index in [0.717, 1.165) is 12.1 Å². The number of amides is 1. The van der Waals surface area contributed by atoms with Crippen molar-refractivity contribution in [2.24, 2.45) is 0 Å². The standard InChI is InChI=1S/C11H12N2O5/c1-3-18-11(17)8-5-6(10(15)16)4-7(13-8)9(14)12-2/h4-5H,3H2,1-2H3,(H,12,14)(H,15,16). The Morgan fingerprint density at radius 3 is 2.44 bits per heavy atom. The van der Waals surface area contributed by atoms with Crippen LogP contribution in [0.3, 0.4) is 0 Å². The normalized spacial score (nSPS) is 9.67. The second kappa shape index (κ2) is 5.76. The maximum absolute atomic E-state index is 11.5. The average Bonchev–Trinajstić information content (AvgIpc) is 2.37. The molecule has 0 aliphatic heterocycles. The third-order valence-electron chi connectivity index (χ3n) is 2.02. The van der Waals surface area contributed by atoms with Crippen LogP contribution in [0, 0.1) is 0 Å². The first-order chi connectivity index (χ1) is 8.49. The Balaban J connectivity index is 3.26. The number of nitrogens with one attached hydrogen (secondary N) is 1. The molecule has 18 heavy (non-hydrogen) atoms. The van der Waals surface area contributed by atoms with Gasteiger partial charge in [0, 0.05) is 7.05 Å². The number of hydrogen-bond acceptors (Lipinski definition) is 5. The van der Waals surface area contributed by atoms with Gasteiger partial charge in [-0.25, -0.2) is 14.6 Å². The van der Waals surface area contributed by atoms with E-state index in [1.165, 1.54) is 7.05 Å². The quantitative estimate of drug-likeness (QED) is 0.747. The summed E-state index contributed by atoms with van der Waals surface area (Å²) in [5.41, 5.74) is -0.567. The number of rotatable bonds is 4. The fourth-order valence-corrected chi connectivity index (χ4v) is 1.21. The van der Waals surface area contributed by atoms with Gasteiger partial charge in [-0.15, -0.1) is 0 Å². The smallest absolute Gasteiger partial charge is 0.356 e. The Bertz CT molecular complexity index is 498. The molecule has 7 heteroatoms. The van der Waals surface area contributed by atoms with Gasteiger partial charge in [-0.1, -0.05) is 0 Å². The van der Waals surface area contributed by atoms with Crippen molar-refractivity contribution in [3.8, 4) is 0 Å². The topological polar surface area (TPSA) is 106 Å². The van der Waals surface area contributed by atoms with Gasteiger partial charge in [0.05, 0.1) is 12.2 Å². The van der Waals surface area contributed by atoms with Crippen molar-refractivity contribution in [3.63, 3.8) is 0 Å². The van der Waals surface area contributed by atoms with Crippen molar-refractivity contribution in [1.29, 1.82) is 0 Å². The van der Waals surface area contributed by atoms with Crippen molar-refractivity contribution in [3.05, 3.63) is 29.1 Å². The van der Waals surface area contributed by atoms with Crippen molar-refractivity contribution in [1.82, 2.24) is 10.3 Å². The number of nitrogens with zero attached hydrogens (tertiary/aromatic N) is 1. The van der Waals surface area contributed by atoms with Crippen LogP contribution in [0.4, 0.5) is 0 Å². The summed E-state index contributed by atoms with van der Waals surface area (Å²) < 4.78 is 4.70. The monoisotopic (exact) mass is 252 g/mol. The summed E-state index contributed by atoms with van der Waals surface area (Å²) in [6, 6.07) is 2.15. The minimum absolute atomic E-state index is 0.132. The van der Waals surface area contributed by atoms with E-state index in [4.69, 9.17) is 9.84 Å². The Hall–Kier alpha value is -2.44. The first-order valence-electron chi connectivity index (χ1n) is 5.14. The van der Waals surface area contributed by atoms with Gasteiger partial charge in [0.25, 0.3) is 5.91 Å². The summed E-state index contributed by atoms with van der Waals surface area (Å²) in [6.45, 7) is 1.74. The molecule has 0 fully saturated rings. The van der Waals surface area contributed by atoms with Crippen LogP contribution < -0.4 is 5.32 Å². The maximum Gasteiger partial charge on any atom is 0.356 e. The van der Waals surface area contributed by atoms with Crippen LogP contribution in [0.2, 0.25) is 0 Å². The predicted molar refractivity (Wildman–Crippen MR) is 60.5 cm³/mol. The Kier molecular flexibility index (Phi) is 4.36. The highest BCUT2D eigenvalue weighted by Gasteiger charge is 2.17. The van der Waals surface area contributed by atoms with Crippen LogP contribution in [-0.2, 0) is 4.74 Å². The van der Waals surface area contributed by atoms with Gasteiger partial charge in [-0.3, -0.25) is 4.79 Å². The molecule has 0 radical (unpaired) electrons. The van der Waals surface area contributed by atoms with Gasteiger partial charge in [0.1, 0.15) is 11.4 Å². The summed E-state index contributed by atoms with van der Waals surface area (Å²) in [5, 5.41) is 11.2. The zero-order valence-corrected chi connectivity index (χ0v) is 9.89. The van der Waals surface area contributed by atoms with Crippen molar-refractivity contribution >= 4 is 17.8 Å². The minimum atomic E-state index is -1.26. The second-order valence-corrected chi connectivity index (χ2v) is 3.23. The molecule has 7 nitrogen and oxygen atoms in total. The SMILES string of the molecule is CCOC(=O)c1cc(C(=O)O)cc(C(=O)NC)n1. The molecule has 0 atom stereocenters. The number of carboxylic acids is 1. The molecular formula is C11H12N2O5. The number of carboxylic acid groups (broad SMARTS) is 1. The molecule has 1 rings (SSSR count). The van der Waals surface area contributed by atoms with E-state index in [9.17, 15) is 14.4 Å². The molecule has 96 valence electrons. The number of ether oxygens (including phenoxy) is 1. The summed E-state index contributed by atoms with van der Waals surface area (Å²) >= 11 is 0. The van der Waals surface area contributed by atoms with Gasteiger partial charge in [0.15, 0.2) is 0 Å². The van der Waals surface area contributed by atoms with Crippen LogP contribution >= 0.6 is 0 Å². The second-order valence-electron chi connectivity index (χ2n) is 3.23. The molecule has 1 aromatic rings. The molecule has 1 aromatic heterocycles. The van der Waals surface area contributed by atoms with E-state index in [-0.39, 0.29) is 23.6 Å². The number of aromatic carboxylic acids is 1. The summed E-state index contributed by atoms with van der Waals surface area (Å²) in [6.07, 6.45) is 0. The zero-order chi connectivity index (χ0) is 13.7. The van der Waals surface area contributed by atoms with E-state index in [2.05, 4.69) is 10.3 Å². The summed E-state index contributed by atoms with van der Waals surface area (Å²) in [5.74, 6) is -2.61. The number of esters is 1. The molecule has 0 saturated heterocycles. The van der Waals surface area contributed by atoms with E-state index in [1.807, 2.05) is 0 Å². The molecule has 2 N–H and O–H groups in total. The maximum atomic E-state index is 11.5. The van der Waals surface area contributed by atoms with Crippen LogP contribution in [0.5, 0.6) is 0 Å². The molecule has 0 spiro atoms. The lowest BCUT2D eigenvalue weighted by molar-refractivity contribution is 0.0519. The lowest BCUT2D eigenvalue weighted by Gasteiger charge is -2.05. The average molecular weight is 252 g/mol. The molecule has 0 saturated carbocycles. The number of carbonyl (C=O) groups is 3. The third kappa shape index (κ3) is 3.03. The molecule has 0 aliphatic rings. The molecule has 0 aromatic carbocycles. The Labute approximate surface area is 103 Å². The van der Waals surface area contributed by atoms with Gasteiger partial charge in [0.2, 0.25) is 0 Å². The molecule has 0 aliphatic carbocycles. The van der Waals surface area contributed by atoms with Crippen LogP contribution in [0.25, 0.3) is 0 Å². The van der Waals surface area contributed by atoms with Crippen molar-refractivity contribution in [2.75, 3.05) is 13.7 Å². The van der Waals surface area contributed by atoms with E-state index >= 15 is 0 Å². The van der Waals surface area contributed by atoms with Crippen molar-refractivity contribution in [2.45, 2.75) is 6.92 Å². The highest BCUT2D eigenvalue weighted by atomic mass is 16.5. The van der Waals surface area contributed by atoms with Gasteiger partial charge in [-0.2, -0.15) is 0 Å². The van der Waals surface area contributed by atoms with Gasteiger partial charge < -0.3 is 15.2 Å². The Morgan fingerprint density at radius 2 is 1.94 bits per heavy atom. The highest BCUT2D eigenvalue weighted by Crippen LogP contribution is 2.08. The lowest BCUT2D eigenvalue weighted by Crippen LogP contribution is -2.21. The van der Waals surface area contributed by atoms with Crippen LogP contribution in [-0.4, -0.2) is 41.6 Å². The third-order valence-corrected chi connectivity index (χ3v) is 2.02. The Morgan fingerprint density at radius 1 is 1.33 bits per heavy atom. The molecule has 0 bridgehead atoms. The predicted octanol–water partition coefficient (Wildman–Crippen LogP) is 0.316. The number of aromatic nitrogens is 1. The first kappa shape index (κ1) is 13.6. The van der Waals surface area contributed by atoms with E-state index < -0.39 is 17.8 Å². The number of carbonyl (C=O) groups excluding carboxylic acids is 2. The summed E-state index contributed by atoms with van der Waals surface area (Å²) in [7, 11) is 1.38. The van der Waals surface area contributed by atoms with E-state index in [1.54, 1.807) is 6.92 Å². The number of pyridine rings is 1. The summed E-state index contributed by atoms with van der Waals surface area (Å²) in [4.78, 5) is 37.5. The van der Waals surface area contributed by atoms with Crippen LogP contribution in [0.1, 0.15) is 38.3 Å². The van der Waals surface area contributed by atoms with Crippen molar-refractivity contribution < 1.29 is 24.2 Å². The highest BCUT2D eigenvalue weighted by molar-refractivity contribution is 5.98. The molecular weight excluding hydrogens is 240 g/mol. The van der Waals surface area contributed by atoms with Gasteiger partial charge >= 0.3 is 11.9 Å². The van der Waals surface area contributed by atoms with Gasteiger partial charge in [-0.05, 0) is 19.1 Å². The molecule has 1 heterocycles. The lowest BCUT2D eigenvalue weighted by atomic mass is 10.2. The fraction of sp³-hybridized carbons (Fsp3) is 0.273. The fourth-order valence-electron chi connectivity index (χ4n) is 1.21. The number of hydrogen-bond donors (Lipinski definition) is 2. The van der Waals surface area contributed by atoms with Crippen LogP contribution in [0.15, 0.2) is 12.1 Å².